The summed E-state index contributed by atoms with van der Waals surface area (Å²) in [5.41, 5.74) is 0. The Labute approximate surface area is 116 Å². The lowest BCUT2D eigenvalue weighted by Crippen LogP contribution is -2.28. The van der Waals surface area contributed by atoms with Gasteiger partial charge < -0.3 is 15.7 Å². The molecule has 0 saturated heterocycles. The van der Waals surface area contributed by atoms with E-state index in [4.69, 9.17) is 0 Å². The van der Waals surface area contributed by atoms with E-state index in [-0.39, 0.29) is 12.0 Å². The first-order valence-electron chi connectivity index (χ1n) is 6.92. The van der Waals surface area contributed by atoms with E-state index in [1.807, 2.05) is 0 Å². The second kappa shape index (κ2) is 5.46. The molecular formula is C13H19N3O2S. The van der Waals surface area contributed by atoms with Crippen molar-refractivity contribution in [1.82, 2.24) is 10.3 Å². The van der Waals surface area contributed by atoms with Crippen LogP contribution < -0.4 is 10.6 Å². The number of hydrogen-bond acceptors (Lipinski definition) is 5. The van der Waals surface area contributed by atoms with Crippen LogP contribution in [0.5, 0.6) is 0 Å². The second-order valence-electron chi connectivity index (χ2n) is 5.43. The molecule has 2 aliphatic rings. The fourth-order valence-electron chi connectivity index (χ4n) is 2.32. The summed E-state index contributed by atoms with van der Waals surface area (Å²) in [6.07, 6.45) is 7.31. The van der Waals surface area contributed by atoms with E-state index in [0.717, 1.165) is 43.7 Å². The van der Waals surface area contributed by atoms with Gasteiger partial charge in [0.2, 0.25) is 0 Å². The predicted octanol–water partition coefficient (Wildman–Crippen LogP) is 1.75. The number of anilines is 1. The van der Waals surface area contributed by atoms with Crippen LogP contribution in [0.1, 0.15) is 48.2 Å². The zero-order valence-corrected chi connectivity index (χ0v) is 11.6. The highest BCUT2D eigenvalue weighted by molar-refractivity contribution is 7.17. The number of rotatable bonds is 4. The van der Waals surface area contributed by atoms with Crippen LogP contribution in [0.4, 0.5) is 5.13 Å². The topological polar surface area (TPSA) is 74.2 Å². The first kappa shape index (κ1) is 12.9. The monoisotopic (exact) mass is 281 g/mol. The third-order valence-electron chi connectivity index (χ3n) is 3.67. The second-order valence-corrected chi connectivity index (χ2v) is 6.46. The fourth-order valence-corrected chi connectivity index (χ4v) is 3.12. The van der Waals surface area contributed by atoms with Crippen LogP contribution in [0.25, 0.3) is 0 Å². The fraction of sp³-hybridized carbons (Fsp3) is 0.692. The van der Waals surface area contributed by atoms with Gasteiger partial charge in [-0.15, -0.1) is 0 Å². The summed E-state index contributed by atoms with van der Waals surface area (Å²) in [7, 11) is 0. The molecule has 3 rings (SSSR count). The van der Waals surface area contributed by atoms with Crippen molar-refractivity contribution in [3.63, 3.8) is 0 Å². The van der Waals surface area contributed by atoms with E-state index in [1.54, 1.807) is 6.20 Å². The number of carbonyl (C=O) groups is 1. The highest BCUT2D eigenvalue weighted by atomic mass is 32.1. The van der Waals surface area contributed by atoms with Crippen LogP contribution >= 0.6 is 11.3 Å². The summed E-state index contributed by atoms with van der Waals surface area (Å²) in [5, 5.41) is 16.6. The maximum absolute atomic E-state index is 11.8. The summed E-state index contributed by atoms with van der Waals surface area (Å²) >= 11 is 1.41. The first-order chi connectivity index (χ1) is 9.20. The summed E-state index contributed by atoms with van der Waals surface area (Å²) in [6, 6.07) is 0.750. The molecule has 2 aliphatic carbocycles. The number of carbonyl (C=O) groups excluding carboxylic acids is 1. The standard InChI is InChI=1S/C13H19N3O2S/c17-10-5-3-9(4-6-10)16-13-14-7-11(19-13)12(18)15-8-1-2-8/h7-10,17H,1-6H2,(H,14,16)(H,15,18). The molecule has 104 valence electrons. The Hall–Kier alpha value is -1.14. The average molecular weight is 281 g/mol. The molecule has 1 amide bonds. The van der Waals surface area contributed by atoms with Gasteiger partial charge in [-0.25, -0.2) is 4.98 Å². The van der Waals surface area contributed by atoms with Crippen LogP contribution in [-0.4, -0.2) is 34.2 Å². The van der Waals surface area contributed by atoms with Crippen molar-refractivity contribution in [2.24, 2.45) is 0 Å². The third-order valence-corrected chi connectivity index (χ3v) is 4.59. The predicted molar refractivity (Wildman–Crippen MR) is 74.5 cm³/mol. The van der Waals surface area contributed by atoms with Crippen LogP contribution in [0, 0.1) is 0 Å². The lowest BCUT2D eigenvalue weighted by Gasteiger charge is -2.25. The molecule has 3 N–H and O–H groups in total. The lowest BCUT2D eigenvalue weighted by molar-refractivity contribution is 0.0955. The van der Waals surface area contributed by atoms with Gasteiger partial charge in [0.1, 0.15) is 4.88 Å². The maximum Gasteiger partial charge on any atom is 0.263 e. The van der Waals surface area contributed by atoms with Gasteiger partial charge in [0.15, 0.2) is 5.13 Å². The number of nitrogens with zero attached hydrogens (tertiary/aromatic N) is 1. The third kappa shape index (κ3) is 3.45. The molecule has 0 atom stereocenters. The molecule has 0 radical (unpaired) electrons. The zero-order valence-electron chi connectivity index (χ0n) is 10.8. The molecule has 0 aliphatic heterocycles. The van der Waals surface area contributed by atoms with Crippen LogP contribution in [0.3, 0.4) is 0 Å². The largest absolute Gasteiger partial charge is 0.393 e. The Bertz CT molecular complexity index is 450. The Morgan fingerprint density at radius 1 is 1.21 bits per heavy atom. The summed E-state index contributed by atoms with van der Waals surface area (Å²) in [5.74, 6) is -0.00730. The lowest BCUT2D eigenvalue weighted by atomic mass is 9.93. The minimum atomic E-state index is -0.144. The van der Waals surface area contributed by atoms with Crippen LogP contribution in [0.2, 0.25) is 0 Å². The van der Waals surface area contributed by atoms with Crippen LogP contribution in [0.15, 0.2) is 6.20 Å². The minimum Gasteiger partial charge on any atom is -0.393 e. The van der Waals surface area contributed by atoms with Gasteiger partial charge in [-0.1, -0.05) is 11.3 Å². The molecule has 0 unspecified atom stereocenters. The van der Waals surface area contributed by atoms with Gasteiger partial charge in [0.25, 0.3) is 5.91 Å². The van der Waals surface area contributed by atoms with Crippen molar-refractivity contribution in [2.45, 2.75) is 56.7 Å². The van der Waals surface area contributed by atoms with E-state index >= 15 is 0 Å². The smallest absolute Gasteiger partial charge is 0.263 e. The number of aromatic nitrogens is 1. The molecule has 0 spiro atoms. The van der Waals surface area contributed by atoms with Gasteiger partial charge in [0.05, 0.1) is 12.3 Å². The van der Waals surface area contributed by atoms with E-state index in [0.29, 0.717) is 17.0 Å². The van der Waals surface area contributed by atoms with Crippen molar-refractivity contribution in [2.75, 3.05) is 5.32 Å². The zero-order chi connectivity index (χ0) is 13.2. The van der Waals surface area contributed by atoms with Crippen LogP contribution in [-0.2, 0) is 0 Å². The van der Waals surface area contributed by atoms with Gasteiger partial charge in [-0.2, -0.15) is 0 Å². The molecule has 0 bridgehead atoms. The SMILES string of the molecule is O=C(NC1CC1)c1cnc(NC2CCC(O)CC2)s1. The highest BCUT2D eigenvalue weighted by Crippen LogP contribution is 2.26. The molecule has 2 fully saturated rings. The minimum absolute atomic E-state index is 0.00730. The first-order valence-corrected chi connectivity index (χ1v) is 7.73. The van der Waals surface area contributed by atoms with Crippen molar-refractivity contribution in [3.05, 3.63) is 11.1 Å². The summed E-state index contributed by atoms with van der Waals surface area (Å²) in [4.78, 5) is 16.8. The van der Waals surface area contributed by atoms with Crippen molar-refractivity contribution in [3.8, 4) is 0 Å². The van der Waals surface area contributed by atoms with Gasteiger partial charge in [0, 0.05) is 12.1 Å². The molecule has 2 saturated carbocycles. The number of aliphatic hydroxyl groups excluding tert-OH is 1. The summed E-state index contributed by atoms with van der Waals surface area (Å²) < 4.78 is 0. The van der Waals surface area contributed by atoms with Crippen molar-refractivity contribution in [1.29, 1.82) is 0 Å². The number of hydrogen-bond donors (Lipinski definition) is 3. The molecule has 5 nitrogen and oxygen atoms in total. The normalized spacial score (nSPS) is 27.0. The Kier molecular flexibility index (Phi) is 3.70. The molecule has 1 heterocycles. The number of aliphatic hydroxyl groups is 1. The maximum atomic E-state index is 11.8. The molecule has 1 aromatic heterocycles. The van der Waals surface area contributed by atoms with Crippen molar-refractivity contribution < 1.29 is 9.90 Å². The molecule has 6 heteroatoms. The summed E-state index contributed by atoms with van der Waals surface area (Å²) in [6.45, 7) is 0. The van der Waals surface area contributed by atoms with Gasteiger partial charge in [-0.3, -0.25) is 4.79 Å². The number of thiazole rings is 1. The Morgan fingerprint density at radius 2 is 1.89 bits per heavy atom. The van der Waals surface area contributed by atoms with Gasteiger partial charge >= 0.3 is 0 Å². The van der Waals surface area contributed by atoms with E-state index < -0.39 is 0 Å². The van der Waals surface area contributed by atoms with E-state index in [9.17, 15) is 9.90 Å². The average Bonchev–Trinajstić information content (AvgIpc) is 3.08. The molecular weight excluding hydrogens is 262 g/mol. The Balaban J connectivity index is 1.53. The highest BCUT2D eigenvalue weighted by Gasteiger charge is 2.25. The van der Waals surface area contributed by atoms with Crippen molar-refractivity contribution >= 4 is 22.4 Å². The Morgan fingerprint density at radius 3 is 2.58 bits per heavy atom. The molecule has 0 aromatic carbocycles. The number of amides is 1. The number of nitrogens with one attached hydrogen (secondary N) is 2. The van der Waals surface area contributed by atoms with E-state index in [2.05, 4.69) is 15.6 Å². The molecule has 1 aromatic rings. The molecule has 19 heavy (non-hydrogen) atoms. The van der Waals surface area contributed by atoms with E-state index in [1.165, 1.54) is 11.3 Å². The quantitative estimate of drug-likeness (QED) is 0.786. The van der Waals surface area contributed by atoms with Gasteiger partial charge in [-0.05, 0) is 38.5 Å².